The number of amides is 1. The second-order valence-corrected chi connectivity index (χ2v) is 3.91. The number of rotatable bonds is 7. The molecule has 5 nitrogen and oxygen atoms in total. The van der Waals surface area contributed by atoms with Gasteiger partial charge in [-0.05, 0) is 25.0 Å². The zero-order chi connectivity index (χ0) is 13.5. The van der Waals surface area contributed by atoms with Crippen molar-refractivity contribution in [1.29, 1.82) is 0 Å². The molecule has 0 aliphatic rings. The highest BCUT2D eigenvalue weighted by Crippen LogP contribution is 2.21. The molecule has 1 rings (SSSR count). The number of unbranched alkanes of at least 4 members (excludes halogenated alkanes) is 1. The SMILES string of the molecule is COCCCCNc1cc(C(N)=O)c(N)cc1F. The van der Waals surface area contributed by atoms with Crippen LogP contribution in [-0.4, -0.2) is 26.2 Å². The molecule has 0 fully saturated rings. The molecule has 0 heterocycles. The molecule has 0 saturated heterocycles. The van der Waals surface area contributed by atoms with Gasteiger partial charge in [-0.15, -0.1) is 0 Å². The molecule has 0 atom stereocenters. The van der Waals surface area contributed by atoms with E-state index in [4.69, 9.17) is 16.2 Å². The Morgan fingerprint density at radius 3 is 2.78 bits per heavy atom. The first-order valence-electron chi connectivity index (χ1n) is 5.68. The van der Waals surface area contributed by atoms with Crippen LogP contribution in [0.2, 0.25) is 0 Å². The number of nitrogens with two attached hydrogens (primary N) is 2. The number of benzene rings is 1. The second-order valence-electron chi connectivity index (χ2n) is 3.91. The Balaban J connectivity index is 2.65. The normalized spacial score (nSPS) is 10.3. The molecule has 0 bridgehead atoms. The van der Waals surface area contributed by atoms with Crippen molar-refractivity contribution in [2.24, 2.45) is 5.73 Å². The van der Waals surface area contributed by atoms with E-state index in [9.17, 15) is 9.18 Å². The molecule has 0 unspecified atom stereocenters. The standard InChI is InChI=1S/C12H18FN3O2/c1-18-5-3-2-4-16-11-6-8(12(15)17)10(14)7-9(11)13/h6-7,16H,2-5,14H2,1H3,(H2,15,17). The highest BCUT2D eigenvalue weighted by Gasteiger charge is 2.11. The van der Waals surface area contributed by atoms with Crippen LogP contribution < -0.4 is 16.8 Å². The van der Waals surface area contributed by atoms with Crippen molar-refractivity contribution in [3.8, 4) is 0 Å². The molecule has 0 aliphatic carbocycles. The molecular formula is C12H18FN3O2. The fraction of sp³-hybridized carbons (Fsp3) is 0.417. The van der Waals surface area contributed by atoms with Gasteiger partial charge < -0.3 is 21.5 Å². The van der Waals surface area contributed by atoms with Gasteiger partial charge in [0.1, 0.15) is 5.82 Å². The number of anilines is 2. The summed E-state index contributed by atoms with van der Waals surface area (Å²) in [6.07, 6.45) is 1.71. The minimum atomic E-state index is -0.671. The summed E-state index contributed by atoms with van der Waals surface area (Å²) in [6.45, 7) is 1.25. The van der Waals surface area contributed by atoms with Crippen LogP contribution in [0, 0.1) is 5.82 Å². The Bertz CT molecular complexity index is 424. The minimum Gasteiger partial charge on any atom is -0.398 e. The third kappa shape index (κ3) is 3.89. The molecule has 0 saturated carbocycles. The third-order valence-corrected chi connectivity index (χ3v) is 2.50. The third-order valence-electron chi connectivity index (χ3n) is 2.50. The van der Waals surface area contributed by atoms with Crippen molar-refractivity contribution >= 4 is 17.3 Å². The lowest BCUT2D eigenvalue weighted by atomic mass is 10.1. The predicted molar refractivity (Wildman–Crippen MR) is 68.9 cm³/mol. The summed E-state index contributed by atoms with van der Waals surface area (Å²) in [7, 11) is 1.63. The Kier molecular flexibility index (Phi) is 5.38. The van der Waals surface area contributed by atoms with E-state index in [1.54, 1.807) is 7.11 Å². The number of nitrogen functional groups attached to an aromatic ring is 1. The molecule has 0 aromatic heterocycles. The molecule has 0 spiro atoms. The summed E-state index contributed by atoms with van der Waals surface area (Å²) >= 11 is 0. The fourth-order valence-corrected chi connectivity index (χ4v) is 1.53. The van der Waals surface area contributed by atoms with Gasteiger partial charge in [-0.2, -0.15) is 0 Å². The summed E-state index contributed by atoms with van der Waals surface area (Å²) in [5, 5.41) is 2.90. The van der Waals surface area contributed by atoms with Crippen LogP contribution in [0.1, 0.15) is 23.2 Å². The van der Waals surface area contributed by atoms with Crippen LogP contribution >= 0.6 is 0 Å². The molecule has 1 aromatic rings. The summed E-state index contributed by atoms with van der Waals surface area (Å²) in [5.74, 6) is -1.17. The Morgan fingerprint density at radius 2 is 2.17 bits per heavy atom. The first-order chi connectivity index (χ1) is 8.56. The predicted octanol–water partition coefficient (Wildman–Crippen LogP) is 1.35. The Hall–Kier alpha value is -1.82. The van der Waals surface area contributed by atoms with Crippen LogP contribution in [-0.2, 0) is 4.74 Å². The number of carbonyl (C=O) groups is 1. The van der Waals surface area contributed by atoms with Gasteiger partial charge in [0.05, 0.1) is 11.3 Å². The zero-order valence-electron chi connectivity index (χ0n) is 10.3. The number of ether oxygens (including phenoxy) is 1. The summed E-state index contributed by atoms with van der Waals surface area (Å²) in [6, 6.07) is 2.43. The monoisotopic (exact) mass is 255 g/mol. The lowest BCUT2D eigenvalue weighted by Gasteiger charge is -2.10. The van der Waals surface area contributed by atoms with Crippen LogP contribution in [0.25, 0.3) is 0 Å². The number of methoxy groups -OCH3 is 1. The highest BCUT2D eigenvalue weighted by atomic mass is 19.1. The topological polar surface area (TPSA) is 90.4 Å². The number of primary amides is 1. The van der Waals surface area contributed by atoms with Crippen LogP contribution in [0.15, 0.2) is 12.1 Å². The summed E-state index contributed by atoms with van der Waals surface area (Å²) in [5.41, 5.74) is 11.0. The Morgan fingerprint density at radius 1 is 1.44 bits per heavy atom. The molecule has 100 valence electrons. The van der Waals surface area contributed by atoms with E-state index < -0.39 is 11.7 Å². The van der Waals surface area contributed by atoms with Gasteiger partial charge in [0, 0.05) is 25.9 Å². The van der Waals surface area contributed by atoms with Gasteiger partial charge >= 0.3 is 0 Å². The van der Waals surface area contributed by atoms with E-state index in [1.165, 1.54) is 6.07 Å². The molecule has 5 N–H and O–H groups in total. The summed E-state index contributed by atoms with van der Waals surface area (Å²) < 4.78 is 18.5. The quantitative estimate of drug-likeness (QED) is 0.506. The van der Waals surface area contributed by atoms with Crippen LogP contribution in [0.3, 0.4) is 0 Å². The molecule has 6 heteroatoms. The molecular weight excluding hydrogens is 237 g/mol. The van der Waals surface area contributed by atoms with Crippen LogP contribution in [0.5, 0.6) is 0 Å². The number of hydrogen-bond acceptors (Lipinski definition) is 4. The molecule has 18 heavy (non-hydrogen) atoms. The van der Waals surface area contributed by atoms with Crippen molar-refractivity contribution in [3.05, 3.63) is 23.5 Å². The van der Waals surface area contributed by atoms with E-state index >= 15 is 0 Å². The number of hydrogen-bond donors (Lipinski definition) is 3. The zero-order valence-corrected chi connectivity index (χ0v) is 10.3. The van der Waals surface area contributed by atoms with E-state index in [2.05, 4.69) is 5.32 Å². The van der Waals surface area contributed by atoms with Crippen molar-refractivity contribution in [3.63, 3.8) is 0 Å². The average molecular weight is 255 g/mol. The molecule has 0 radical (unpaired) electrons. The number of carbonyl (C=O) groups excluding carboxylic acids is 1. The van der Waals surface area contributed by atoms with Crippen molar-refractivity contribution in [1.82, 2.24) is 0 Å². The van der Waals surface area contributed by atoms with Gasteiger partial charge in [0.2, 0.25) is 0 Å². The maximum absolute atomic E-state index is 13.5. The van der Waals surface area contributed by atoms with Crippen molar-refractivity contribution in [2.75, 3.05) is 31.3 Å². The van der Waals surface area contributed by atoms with Gasteiger partial charge in [-0.1, -0.05) is 0 Å². The van der Waals surface area contributed by atoms with Crippen molar-refractivity contribution < 1.29 is 13.9 Å². The van der Waals surface area contributed by atoms with Gasteiger partial charge in [0.25, 0.3) is 5.91 Å². The van der Waals surface area contributed by atoms with Gasteiger partial charge in [-0.25, -0.2) is 4.39 Å². The first-order valence-corrected chi connectivity index (χ1v) is 5.68. The van der Waals surface area contributed by atoms with E-state index in [0.717, 1.165) is 18.9 Å². The lowest BCUT2D eigenvalue weighted by molar-refractivity contribution is 0.100. The molecule has 1 amide bonds. The van der Waals surface area contributed by atoms with Gasteiger partial charge in [0.15, 0.2) is 0 Å². The first kappa shape index (κ1) is 14.2. The maximum Gasteiger partial charge on any atom is 0.250 e. The average Bonchev–Trinajstić information content (AvgIpc) is 2.30. The molecule has 0 aliphatic heterocycles. The van der Waals surface area contributed by atoms with E-state index in [1.807, 2.05) is 0 Å². The van der Waals surface area contributed by atoms with E-state index in [-0.39, 0.29) is 16.9 Å². The van der Waals surface area contributed by atoms with E-state index in [0.29, 0.717) is 13.2 Å². The Labute approximate surface area is 105 Å². The smallest absolute Gasteiger partial charge is 0.250 e. The number of halogens is 1. The van der Waals surface area contributed by atoms with Gasteiger partial charge in [-0.3, -0.25) is 4.79 Å². The number of nitrogens with one attached hydrogen (secondary N) is 1. The molecule has 1 aromatic carbocycles. The highest BCUT2D eigenvalue weighted by molar-refractivity contribution is 5.99. The summed E-state index contributed by atoms with van der Waals surface area (Å²) in [4.78, 5) is 11.1. The van der Waals surface area contributed by atoms with Crippen LogP contribution in [0.4, 0.5) is 15.8 Å². The van der Waals surface area contributed by atoms with Crippen molar-refractivity contribution in [2.45, 2.75) is 12.8 Å². The second kappa shape index (κ2) is 6.80. The maximum atomic E-state index is 13.5. The fourth-order valence-electron chi connectivity index (χ4n) is 1.53. The minimum absolute atomic E-state index is 0.0462. The lowest BCUT2D eigenvalue weighted by Crippen LogP contribution is -2.15. The largest absolute Gasteiger partial charge is 0.398 e.